The molecule has 2 aromatic rings. The van der Waals surface area contributed by atoms with Gasteiger partial charge in [0, 0.05) is 6.20 Å². The quantitative estimate of drug-likeness (QED) is 0.875. The maximum Gasteiger partial charge on any atom is 0.263 e. The Labute approximate surface area is 128 Å². The molecular formula is C11H7BrCl2N2O2S. The van der Waals surface area contributed by atoms with Gasteiger partial charge in [0.05, 0.1) is 19.4 Å². The van der Waals surface area contributed by atoms with E-state index in [4.69, 9.17) is 23.2 Å². The van der Waals surface area contributed by atoms with Crippen LogP contribution in [0.25, 0.3) is 0 Å². The Bertz CT molecular complexity index is 722. The lowest BCUT2D eigenvalue weighted by Gasteiger charge is -2.09. The summed E-state index contributed by atoms with van der Waals surface area (Å²) in [4.78, 5) is 3.95. The molecule has 0 bridgehead atoms. The molecule has 2 rings (SSSR count). The van der Waals surface area contributed by atoms with E-state index in [0.717, 1.165) is 0 Å². The van der Waals surface area contributed by atoms with Crippen molar-refractivity contribution < 1.29 is 8.42 Å². The summed E-state index contributed by atoms with van der Waals surface area (Å²) >= 11 is 14.8. The zero-order valence-corrected chi connectivity index (χ0v) is 13.2. The van der Waals surface area contributed by atoms with Gasteiger partial charge in [0.15, 0.2) is 5.82 Å². The van der Waals surface area contributed by atoms with Crippen molar-refractivity contribution in [3.05, 3.63) is 51.0 Å². The van der Waals surface area contributed by atoms with Crippen LogP contribution in [0.2, 0.25) is 10.0 Å². The molecule has 0 unspecified atom stereocenters. The highest BCUT2D eigenvalue weighted by Gasteiger charge is 2.17. The molecule has 0 fully saturated rings. The van der Waals surface area contributed by atoms with Gasteiger partial charge in [-0.25, -0.2) is 13.4 Å². The van der Waals surface area contributed by atoms with Crippen molar-refractivity contribution in [2.45, 2.75) is 4.90 Å². The lowest BCUT2D eigenvalue weighted by Crippen LogP contribution is -2.14. The van der Waals surface area contributed by atoms with Crippen molar-refractivity contribution >= 4 is 55.0 Å². The van der Waals surface area contributed by atoms with Gasteiger partial charge in [-0.05, 0) is 46.3 Å². The summed E-state index contributed by atoms with van der Waals surface area (Å²) in [6.07, 6.45) is 1.48. The third-order valence-electron chi connectivity index (χ3n) is 2.19. The molecule has 0 aliphatic rings. The summed E-state index contributed by atoms with van der Waals surface area (Å²) in [6.45, 7) is 0. The molecule has 0 spiro atoms. The number of sulfonamides is 1. The molecule has 1 heterocycles. The zero-order chi connectivity index (χ0) is 14.0. The minimum absolute atomic E-state index is 0.0134. The normalized spacial score (nSPS) is 11.3. The molecule has 4 nitrogen and oxygen atoms in total. The average molecular weight is 382 g/mol. The van der Waals surface area contributed by atoms with Gasteiger partial charge >= 0.3 is 0 Å². The number of benzene rings is 1. The van der Waals surface area contributed by atoms with E-state index in [2.05, 4.69) is 25.6 Å². The van der Waals surface area contributed by atoms with Crippen LogP contribution in [-0.4, -0.2) is 13.4 Å². The first-order valence-corrected chi connectivity index (χ1v) is 8.02. The highest BCUT2D eigenvalue weighted by atomic mass is 79.9. The zero-order valence-electron chi connectivity index (χ0n) is 9.27. The number of anilines is 1. The lowest BCUT2D eigenvalue weighted by molar-refractivity contribution is 0.601. The number of halogens is 3. The predicted octanol–water partition coefficient (Wildman–Crippen LogP) is 3.95. The standard InChI is InChI=1S/C11H7BrCl2N2O2S/c12-8-2-1-5-15-11(8)16-19(17,18)7-3-4-9(13)10(14)6-7/h1-6H,(H,15,16). The molecule has 100 valence electrons. The van der Waals surface area contributed by atoms with Crippen molar-refractivity contribution in [2.24, 2.45) is 0 Å². The van der Waals surface area contributed by atoms with Crippen molar-refractivity contribution in [1.82, 2.24) is 4.98 Å². The minimum Gasteiger partial charge on any atom is -0.262 e. The number of nitrogens with one attached hydrogen (secondary N) is 1. The van der Waals surface area contributed by atoms with Crippen LogP contribution in [0.1, 0.15) is 0 Å². The van der Waals surface area contributed by atoms with E-state index < -0.39 is 10.0 Å². The Morgan fingerprint density at radius 1 is 1.16 bits per heavy atom. The molecule has 1 aromatic heterocycles. The number of rotatable bonds is 3. The van der Waals surface area contributed by atoms with Gasteiger partial charge in [0.1, 0.15) is 0 Å². The van der Waals surface area contributed by atoms with E-state index in [-0.39, 0.29) is 15.7 Å². The van der Waals surface area contributed by atoms with Crippen LogP contribution in [0.5, 0.6) is 0 Å². The second-order valence-electron chi connectivity index (χ2n) is 3.52. The smallest absolute Gasteiger partial charge is 0.262 e. The number of pyridine rings is 1. The Morgan fingerprint density at radius 3 is 2.53 bits per heavy atom. The SMILES string of the molecule is O=S(=O)(Nc1ncccc1Br)c1ccc(Cl)c(Cl)c1. The number of hydrogen-bond donors (Lipinski definition) is 1. The van der Waals surface area contributed by atoms with Gasteiger partial charge in [-0.3, -0.25) is 4.72 Å². The maximum absolute atomic E-state index is 12.1. The fourth-order valence-corrected chi connectivity index (χ4v) is 3.19. The van der Waals surface area contributed by atoms with Crippen LogP contribution in [0.15, 0.2) is 45.9 Å². The summed E-state index contributed by atoms with van der Waals surface area (Å²) in [7, 11) is -3.76. The number of aromatic nitrogens is 1. The second kappa shape index (κ2) is 5.66. The molecule has 0 saturated carbocycles. The molecule has 1 N–H and O–H groups in total. The third kappa shape index (κ3) is 3.39. The van der Waals surface area contributed by atoms with Crippen molar-refractivity contribution in [1.29, 1.82) is 0 Å². The van der Waals surface area contributed by atoms with Crippen LogP contribution in [0, 0.1) is 0 Å². The molecule has 0 amide bonds. The van der Waals surface area contributed by atoms with Crippen LogP contribution in [-0.2, 0) is 10.0 Å². The highest BCUT2D eigenvalue weighted by molar-refractivity contribution is 9.10. The summed E-state index contributed by atoms with van der Waals surface area (Å²) in [5, 5.41) is 0.462. The highest BCUT2D eigenvalue weighted by Crippen LogP contribution is 2.27. The fourth-order valence-electron chi connectivity index (χ4n) is 1.29. The molecular weight excluding hydrogens is 375 g/mol. The van der Waals surface area contributed by atoms with Crippen molar-refractivity contribution in [3.63, 3.8) is 0 Å². The van der Waals surface area contributed by atoms with Crippen LogP contribution in [0.3, 0.4) is 0 Å². The Balaban J connectivity index is 2.38. The number of hydrogen-bond acceptors (Lipinski definition) is 3. The summed E-state index contributed by atoms with van der Waals surface area (Å²) in [5.41, 5.74) is 0. The van der Waals surface area contributed by atoms with Crippen LogP contribution < -0.4 is 4.72 Å². The monoisotopic (exact) mass is 380 g/mol. The van der Waals surface area contributed by atoms with Crippen LogP contribution in [0.4, 0.5) is 5.82 Å². The molecule has 0 aliphatic heterocycles. The molecule has 19 heavy (non-hydrogen) atoms. The van der Waals surface area contributed by atoms with Gasteiger partial charge < -0.3 is 0 Å². The third-order valence-corrected chi connectivity index (χ3v) is 4.91. The van der Waals surface area contributed by atoms with E-state index in [0.29, 0.717) is 9.50 Å². The molecule has 1 aromatic carbocycles. The Kier molecular flexibility index (Phi) is 4.35. The van der Waals surface area contributed by atoms with E-state index in [1.165, 1.54) is 24.4 Å². The largest absolute Gasteiger partial charge is 0.263 e. The van der Waals surface area contributed by atoms with Gasteiger partial charge in [-0.1, -0.05) is 23.2 Å². The van der Waals surface area contributed by atoms with Gasteiger partial charge in [-0.2, -0.15) is 0 Å². The molecule has 8 heteroatoms. The topological polar surface area (TPSA) is 59.1 Å². The molecule has 0 radical (unpaired) electrons. The fraction of sp³-hybridized carbons (Fsp3) is 0. The summed E-state index contributed by atoms with van der Waals surface area (Å²) in [5.74, 6) is 0.202. The first-order valence-electron chi connectivity index (χ1n) is 4.98. The maximum atomic E-state index is 12.1. The van der Waals surface area contributed by atoms with Crippen molar-refractivity contribution in [2.75, 3.05) is 4.72 Å². The first-order chi connectivity index (χ1) is 8.90. The van der Waals surface area contributed by atoms with Crippen LogP contribution >= 0.6 is 39.1 Å². The molecule has 0 aliphatic carbocycles. The average Bonchev–Trinajstić information content (AvgIpc) is 2.35. The Morgan fingerprint density at radius 2 is 1.89 bits per heavy atom. The van der Waals surface area contributed by atoms with E-state index in [1.54, 1.807) is 12.1 Å². The predicted molar refractivity (Wildman–Crippen MR) is 79.2 cm³/mol. The van der Waals surface area contributed by atoms with Crippen molar-refractivity contribution in [3.8, 4) is 0 Å². The van der Waals surface area contributed by atoms with Gasteiger partial charge in [0.25, 0.3) is 10.0 Å². The lowest BCUT2D eigenvalue weighted by atomic mass is 10.4. The summed E-state index contributed by atoms with van der Waals surface area (Å²) < 4.78 is 27.2. The minimum atomic E-state index is -3.76. The second-order valence-corrected chi connectivity index (χ2v) is 6.87. The van der Waals surface area contributed by atoms with E-state index in [1.807, 2.05) is 0 Å². The number of nitrogens with zero attached hydrogens (tertiary/aromatic N) is 1. The van der Waals surface area contributed by atoms with Gasteiger partial charge in [0.2, 0.25) is 0 Å². The van der Waals surface area contributed by atoms with E-state index >= 15 is 0 Å². The van der Waals surface area contributed by atoms with Gasteiger partial charge in [-0.15, -0.1) is 0 Å². The first kappa shape index (κ1) is 14.6. The molecule has 0 atom stereocenters. The summed E-state index contributed by atoms with van der Waals surface area (Å²) in [6, 6.07) is 7.43. The van der Waals surface area contributed by atoms with E-state index in [9.17, 15) is 8.42 Å². The Hall–Kier alpha value is -0.820. The molecule has 0 saturated heterocycles.